The summed E-state index contributed by atoms with van der Waals surface area (Å²) in [5, 5.41) is 23.8. The maximum absolute atomic E-state index is 8.69. The summed E-state index contributed by atoms with van der Waals surface area (Å²) >= 11 is 3.45. The third kappa shape index (κ3) is 3.03. The maximum atomic E-state index is 8.69. The first kappa shape index (κ1) is 12.5. The van der Waals surface area contributed by atoms with Crippen molar-refractivity contribution in [2.24, 2.45) is 0 Å². The Hall–Kier alpha value is -1.98. The molecule has 5 heteroatoms. The average Bonchev–Trinajstić information content (AvgIpc) is 3.17. The molecule has 1 aromatic rings. The van der Waals surface area contributed by atoms with Gasteiger partial charge in [-0.3, -0.25) is 0 Å². The molecule has 18 heavy (non-hydrogen) atoms. The summed E-state index contributed by atoms with van der Waals surface area (Å²) < 4.78 is 0.889. The number of para-hydroxylation sites is 1. The van der Waals surface area contributed by atoms with Crippen molar-refractivity contribution in [1.82, 2.24) is 0 Å². The molecule has 0 saturated heterocycles. The monoisotopic (exact) mass is 302 g/mol. The molecular weight excluding hydrogens is 292 g/mol. The molecule has 0 aromatic heterocycles. The van der Waals surface area contributed by atoms with E-state index in [4.69, 9.17) is 10.5 Å². The Morgan fingerprint density at radius 3 is 2.67 bits per heavy atom. The lowest BCUT2D eigenvalue weighted by Crippen LogP contribution is -2.04. The first-order valence-electron chi connectivity index (χ1n) is 5.56. The molecule has 1 saturated carbocycles. The molecule has 0 amide bonds. The summed E-state index contributed by atoms with van der Waals surface area (Å²) in [4.78, 5) is 0. The van der Waals surface area contributed by atoms with Crippen molar-refractivity contribution in [1.29, 1.82) is 10.5 Å². The zero-order valence-electron chi connectivity index (χ0n) is 9.57. The van der Waals surface area contributed by atoms with Crippen molar-refractivity contribution in [2.45, 2.75) is 18.9 Å². The Balaban J connectivity index is 2.22. The van der Waals surface area contributed by atoms with Crippen LogP contribution in [0.5, 0.6) is 0 Å². The van der Waals surface area contributed by atoms with Gasteiger partial charge in [0.05, 0.1) is 11.4 Å². The van der Waals surface area contributed by atoms with Gasteiger partial charge in [-0.25, -0.2) is 0 Å². The fourth-order valence-corrected chi connectivity index (χ4v) is 1.95. The Labute approximate surface area is 114 Å². The zero-order valence-corrected chi connectivity index (χ0v) is 11.2. The summed E-state index contributed by atoms with van der Waals surface area (Å²) in [7, 11) is 0. The van der Waals surface area contributed by atoms with Gasteiger partial charge in [0.25, 0.3) is 0 Å². The van der Waals surface area contributed by atoms with Crippen LogP contribution < -0.4 is 10.6 Å². The van der Waals surface area contributed by atoms with Gasteiger partial charge in [-0.05, 0) is 40.9 Å². The van der Waals surface area contributed by atoms with Gasteiger partial charge in [-0.1, -0.05) is 6.07 Å². The smallest absolute Gasteiger partial charge is 0.145 e. The predicted octanol–water partition coefficient (Wildman–Crippen LogP) is 3.37. The van der Waals surface area contributed by atoms with E-state index in [0.717, 1.165) is 15.8 Å². The standard InChI is InChI=1S/C13H11BrN4/c14-11-2-1-3-12(18-10-4-5-10)13(11)17-8-9(6-15)7-16/h1-3,8,10,17-18H,4-5H2. The number of nitrogens with zero attached hydrogens (tertiary/aromatic N) is 2. The third-order valence-electron chi connectivity index (χ3n) is 2.55. The Bertz CT molecular complexity index is 545. The highest BCUT2D eigenvalue weighted by molar-refractivity contribution is 9.10. The number of hydrogen-bond acceptors (Lipinski definition) is 4. The summed E-state index contributed by atoms with van der Waals surface area (Å²) in [6.07, 6.45) is 3.78. The van der Waals surface area contributed by atoms with Gasteiger partial charge in [0, 0.05) is 16.7 Å². The normalized spacial score (nSPS) is 13.1. The van der Waals surface area contributed by atoms with E-state index in [1.807, 2.05) is 30.3 Å². The van der Waals surface area contributed by atoms with Crippen LogP contribution in [0.1, 0.15) is 12.8 Å². The summed E-state index contributed by atoms with van der Waals surface area (Å²) in [5.74, 6) is 0. The lowest BCUT2D eigenvalue weighted by atomic mass is 10.2. The molecule has 0 radical (unpaired) electrons. The number of anilines is 2. The summed E-state index contributed by atoms with van der Waals surface area (Å²) in [6, 6.07) is 9.99. The van der Waals surface area contributed by atoms with Crippen LogP contribution >= 0.6 is 15.9 Å². The fourth-order valence-electron chi connectivity index (χ4n) is 1.47. The minimum Gasteiger partial charge on any atom is -0.381 e. The van der Waals surface area contributed by atoms with E-state index >= 15 is 0 Å². The van der Waals surface area contributed by atoms with E-state index in [1.54, 1.807) is 0 Å². The highest BCUT2D eigenvalue weighted by atomic mass is 79.9. The third-order valence-corrected chi connectivity index (χ3v) is 3.21. The van der Waals surface area contributed by atoms with Crippen molar-refractivity contribution < 1.29 is 0 Å². The van der Waals surface area contributed by atoms with Crippen molar-refractivity contribution >= 4 is 27.3 Å². The second kappa shape index (κ2) is 5.57. The zero-order chi connectivity index (χ0) is 13.0. The number of nitrogens with one attached hydrogen (secondary N) is 2. The van der Waals surface area contributed by atoms with E-state index < -0.39 is 0 Å². The number of hydrogen-bond donors (Lipinski definition) is 2. The molecule has 2 rings (SSSR count). The van der Waals surface area contributed by atoms with Gasteiger partial charge >= 0.3 is 0 Å². The van der Waals surface area contributed by atoms with E-state index in [2.05, 4.69) is 26.6 Å². The van der Waals surface area contributed by atoms with Crippen molar-refractivity contribution in [3.05, 3.63) is 34.4 Å². The van der Waals surface area contributed by atoms with Gasteiger partial charge in [-0.15, -0.1) is 0 Å². The molecule has 0 atom stereocenters. The minimum absolute atomic E-state index is 0.0446. The average molecular weight is 303 g/mol. The Morgan fingerprint density at radius 2 is 2.06 bits per heavy atom. The number of allylic oxidation sites excluding steroid dienone is 1. The number of nitriles is 2. The van der Waals surface area contributed by atoms with E-state index in [1.165, 1.54) is 19.0 Å². The predicted molar refractivity (Wildman–Crippen MR) is 73.7 cm³/mol. The van der Waals surface area contributed by atoms with Crippen LogP contribution in [0.25, 0.3) is 0 Å². The van der Waals surface area contributed by atoms with Crippen LogP contribution in [0.15, 0.2) is 34.4 Å². The Kier molecular flexibility index (Phi) is 3.86. The summed E-state index contributed by atoms with van der Waals surface area (Å²) in [5.41, 5.74) is 1.86. The van der Waals surface area contributed by atoms with Crippen LogP contribution in [-0.4, -0.2) is 6.04 Å². The topological polar surface area (TPSA) is 71.6 Å². The molecule has 0 spiro atoms. The number of benzene rings is 1. The maximum Gasteiger partial charge on any atom is 0.145 e. The van der Waals surface area contributed by atoms with Gasteiger partial charge in [0.1, 0.15) is 17.7 Å². The van der Waals surface area contributed by atoms with Crippen LogP contribution in [0.3, 0.4) is 0 Å². The molecule has 1 aliphatic carbocycles. The van der Waals surface area contributed by atoms with E-state index in [9.17, 15) is 0 Å². The first-order chi connectivity index (χ1) is 8.74. The highest BCUT2D eigenvalue weighted by Crippen LogP contribution is 2.34. The Morgan fingerprint density at radius 1 is 1.33 bits per heavy atom. The van der Waals surface area contributed by atoms with E-state index in [-0.39, 0.29) is 5.57 Å². The van der Waals surface area contributed by atoms with Crippen LogP contribution in [-0.2, 0) is 0 Å². The lowest BCUT2D eigenvalue weighted by Gasteiger charge is -2.12. The van der Waals surface area contributed by atoms with Gasteiger partial charge in [-0.2, -0.15) is 10.5 Å². The molecule has 1 fully saturated rings. The van der Waals surface area contributed by atoms with E-state index in [0.29, 0.717) is 6.04 Å². The lowest BCUT2D eigenvalue weighted by molar-refractivity contribution is 1.15. The molecule has 90 valence electrons. The van der Waals surface area contributed by atoms with Gasteiger partial charge in [0.15, 0.2) is 0 Å². The van der Waals surface area contributed by atoms with Crippen molar-refractivity contribution in [3.63, 3.8) is 0 Å². The quantitative estimate of drug-likeness (QED) is 0.837. The molecule has 4 nitrogen and oxygen atoms in total. The van der Waals surface area contributed by atoms with Gasteiger partial charge in [0.2, 0.25) is 0 Å². The van der Waals surface area contributed by atoms with Gasteiger partial charge < -0.3 is 10.6 Å². The second-order valence-corrected chi connectivity index (χ2v) is 4.86. The number of rotatable bonds is 4. The molecule has 0 bridgehead atoms. The largest absolute Gasteiger partial charge is 0.381 e. The summed E-state index contributed by atoms with van der Waals surface area (Å²) in [6.45, 7) is 0. The molecule has 0 heterocycles. The minimum atomic E-state index is 0.0446. The molecule has 2 N–H and O–H groups in total. The molecule has 0 aliphatic heterocycles. The molecular formula is C13H11BrN4. The second-order valence-electron chi connectivity index (χ2n) is 4.01. The van der Waals surface area contributed by atoms with Crippen molar-refractivity contribution in [3.8, 4) is 12.1 Å². The molecule has 0 unspecified atom stereocenters. The first-order valence-corrected chi connectivity index (χ1v) is 6.36. The van der Waals surface area contributed by atoms with Crippen LogP contribution in [0.4, 0.5) is 11.4 Å². The highest BCUT2D eigenvalue weighted by Gasteiger charge is 2.22. The fraction of sp³-hybridized carbons (Fsp3) is 0.231. The molecule has 1 aromatic carbocycles. The van der Waals surface area contributed by atoms with Crippen LogP contribution in [0, 0.1) is 22.7 Å². The number of halogens is 1. The molecule has 1 aliphatic rings. The SMILES string of the molecule is N#CC(C#N)=CNc1c(Br)cccc1NC1CC1. The van der Waals surface area contributed by atoms with Crippen LogP contribution in [0.2, 0.25) is 0 Å². The van der Waals surface area contributed by atoms with Crippen molar-refractivity contribution in [2.75, 3.05) is 10.6 Å².